The molecule has 0 unspecified atom stereocenters. The summed E-state index contributed by atoms with van der Waals surface area (Å²) in [6.45, 7) is 6.98. The van der Waals surface area contributed by atoms with Gasteiger partial charge < -0.3 is 19.4 Å². The summed E-state index contributed by atoms with van der Waals surface area (Å²) in [5.41, 5.74) is 6.68. The summed E-state index contributed by atoms with van der Waals surface area (Å²) in [4.78, 5) is 35.8. The lowest BCUT2D eigenvalue weighted by Crippen LogP contribution is -2.38. The van der Waals surface area contributed by atoms with Crippen molar-refractivity contribution < 1.29 is 19.1 Å². The number of imidazole rings is 1. The van der Waals surface area contributed by atoms with Gasteiger partial charge in [-0.05, 0) is 54.3 Å². The number of methoxy groups -OCH3 is 1. The number of rotatable bonds is 6. The number of nitrogens with one attached hydrogen (secondary N) is 1. The van der Waals surface area contributed by atoms with Crippen LogP contribution >= 0.6 is 0 Å². The van der Waals surface area contributed by atoms with Crippen LogP contribution in [0.4, 0.5) is 0 Å². The Bertz CT molecular complexity index is 1720. The predicted octanol–water partition coefficient (Wildman–Crippen LogP) is 5.64. The third-order valence-electron chi connectivity index (χ3n) is 8.49. The van der Waals surface area contributed by atoms with E-state index >= 15 is 0 Å². The summed E-state index contributed by atoms with van der Waals surface area (Å²) in [7, 11) is 7.33. The van der Waals surface area contributed by atoms with Crippen LogP contribution in [0.3, 0.4) is 0 Å². The number of carbonyl (C=O) groups excluding carboxylic acids is 2. The molecule has 1 amide bonds. The monoisotopic (exact) mass is 559 g/mol. The van der Waals surface area contributed by atoms with E-state index in [1.165, 1.54) is 13.2 Å². The predicted molar refractivity (Wildman–Crippen MR) is 164 cm³/mol. The second-order valence-electron chi connectivity index (χ2n) is 11.6. The Labute approximate surface area is 247 Å². The zero-order chi connectivity index (χ0) is 29.5. The van der Waals surface area contributed by atoms with Gasteiger partial charge in [-0.25, -0.2) is 9.78 Å². The highest BCUT2D eigenvalue weighted by atomic mass is 16.5. The molecule has 2 atom stereocenters. The summed E-state index contributed by atoms with van der Waals surface area (Å²) in [5, 5.41) is 2.13. The molecule has 0 bridgehead atoms. The SMILES string of the molecule is [B]c1ccc2c(c1)COc1c-2ccc2cc(-c3cnc([C@@H]4CCCN4C(=O)[C@@H](/C(C)=C\C(=O)OC)C(C)C)[nH]3)ccc12. The van der Waals surface area contributed by atoms with E-state index in [-0.39, 0.29) is 17.9 Å². The molecule has 2 aliphatic rings. The van der Waals surface area contributed by atoms with Crippen LogP contribution in [0.5, 0.6) is 5.75 Å². The van der Waals surface area contributed by atoms with Crippen molar-refractivity contribution in [3.05, 3.63) is 77.8 Å². The number of likely N-dealkylation sites (tertiary alicyclic amines) is 1. The Morgan fingerprint density at radius 3 is 2.74 bits per heavy atom. The van der Waals surface area contributed by atoms with Gasteiger partial charge in [0.05, 0.1) is 31.0 Å². The Balaban J connectivity index is 1.27. The summed E-state index contributed by atoms with van der Waals surface area (Å²) < 4.78 is 11.0. The van der Waals surface area contributed by atoms with Gasteiger partial charge >= 0.3 is 5.97 Å². The zero-order valence-corrected chi connectivity index (χ0v) is 24.4. The Morgan fingerprint density at radius 1 is 1.14 bits per heavy atom. The number of carbonyl (C=O) groups is 2. The van der Waals surface area contributed by atoms with E-state index < -0.39 is 11.9 Å². The number of aromatic nitrogens is 2. The van der Waals surface area contributed by atoms with Crippen LogP contribution < -0.4 is 10.2 Å². The van der Waals surface area contributed by atoms with Crippen molar-refractivity contribution >= 4 is 36.0 Å². The largest absolute Gasteiger partial charge is 0.488 e. The number of benzene rings is 3. The molecule has 6 rings (SSSR count). The molecule has 1 aromatic heterocycles. The second kappa shape index (κ2) is 11.2. The van der Waals surface area contributed by atoms with Gasteiger partial charge in [0.15, 0.2) is 0 Å². The maximum atomic E-state index is 13.8. The minimum Gasteiger partial charge on any atom is -0.488 e. The number of H-pyrrole nitrogens is 1. The molecule has 8 heteroatoms. The van der Waals surface area contributed by atoms with E-state index in [0.29, 0.717) is 18.7 Å². The lowest BCUT2D eigenvalue weighted by molar-refractivity contribution is -0.136. The van der Waals surface area contributed by atoms with Crippen LogP contribution in [0.25, 0.3) is 33.2 Å². The fourth-order valence-electron chi connectivity index (χ4n) is 6.47. The Morgan fingerprint density at radius 2 is 1.95 bits per heavy atom. The standard InChI is InChI=1S/C34H34BN3O4/c1-19(2)31(20(3)14-30(39)41-4)34(40)38-13-5-6-29(38)33-36-17-28(37-33)22-8-10-26-21(15-22)7-11-27-25-12-9-24(35)16-23(25)18-42-32(26)27/h7-12,14-17,19,29,31H,5-6,13,18H2,1-4H3,(H,36,37)/b20-14-/t29-,31+/m0/s1. The minimum absolute atomic E-state index is 0.0165. The molecule has 1 N–H and O–H groups in total. The molecule has 0 aliphatic carbocycles. The number of hydrogen-bond donors (Lipinski definition) is 1. The van der Waals surface area contributed by atoms with Gasteiger partial charge in [0.2, 0.25) is 5.91 Å². The number of amides is 1. The first-order valence-corrected chi connectivity index (χ1v) is 14.5. The molecular weight excluding hydrogens is 525 g/mol. The van der Waals surface area contributed by atoms with E-state index in [0.717, 1.165) is 68.6 Å². The number of nitrogens with zero attached hydrogens (tertiary/aromatic N) is 2. The lowest BCUT2D eigenvalue weighted by Gasteiger charge is -2.30. The average Bonchev–Trinajstić information content (AvgIpc) is 3.66. The molecule has 1 fully saturated rings. The summed E-state index contributed by atoms with van der Waals surface area (Å²) in [6.07, 6.45) is 5.00. The molecule has 3 heterocycles. The summed E-state index contributed by atoms with van der Waals surface area (Å²) >= 11 is 0. The van der Waals surface area contributed by atoms with Crippen molar-refractivity contribution in [2.75, 3.05) is 13.7 Å². The quantitative estimate of drug-likeness (QED) is 0.188. The lowest BCUT2D eigenvalue weighted by atomic mass is 9.87. The third kappa shape index (κ3) is 4.99. The van der Waals surface area contributed by atoms with Crippen LogP contribution in [-0.4, -0.2) is 48.2 Å². The van der Waals surface area contributed by atoms with Crippen molar-refractivity contribution in [3.8, 4) is 28.1 Å². The van der Waals surface area contributed by atoms with Gasteiger partial charge in [0.1, 0.15) is 26.0 Å². The fraction of sp³-hybridized carbons (Fsp3) is 0.324. The van der Waals surface area contributed by atoms with Gasteiger partial charge in [0.25, 0.3) is 0 Å². The van der Waals surface area contributed by atoms with E-state index in [1.54, 1.807) is 0 Å². The Hall–Kier alpha value is -4.33. The summed E-state index contributed by atoms with van der Waals surface area (Å²) in [6, 6.07) is 16.4. The van der Waals surface area contributed by atoms with E-state index in [1.807, 2.05) is 44.0 Å². The first-order valence-electron chi connectivity index (χ1n) is 14.5. The van der Waals surface area contributed by atoms with Gasteiger partial charge in [-0.1, -0.05) is 61.3 Å². The van der Waals surface area contributed by atoms with Gasteiger partial charge in [-0.3, -0.25) is 4.79 Å². The van der Waals surface area contributed by atoms with Crippen molar-refractivity contribution in [2.24, 2.45) is 11.8 Å². The van der Waals surface area contributed by atoms with Crippen LogP contribution in [0, 0.1) is 11.8 Å². The van der Waals surface area contributed by atoms with E-state index in [4.69, 9.17) is 22.3 Å². The maximum absolute atomic E-state index is 13.8. The summed E-state index contributed by atoms with van der Waals surface area (Å²) in [5.74, 6) is 0.860. The van der Waals surface area contributed by atoms with Gasteiger partial charge in [0, 0.05) is 29.1 Å². The molecule has 3 aromatic carbocycles. The topological polar surface area (TPSA) is 84.5 Å². The highest BCUT2D eigenvalue weighted by Gasteiger charge is 2.37. The normalized spacial score (nSPS) is 17.1. The van der Waals surface area contributed by atoms with Crippen LogP contribution in [0.2, 0.25) is 0 Å². The van der Waals surface area contributed by atoms with Crippen LogP contribution in [0.15, 0.2) is 66.4 Å². The van der Waals surface area contributed by atoms with Crippen molar-refractivity contribution in [1.82, 2.24) is 14.9 Å². The third-order valence-corrected chi connectivity index (χ3v) is 8.49. The number of aromatic amines is 1. The highest BCUT2D eigenvalue weighted by Crippen LogP contribution is 2.43. The van der Waals surface area contributed by atoms with Crippen LogP contribution in [0.1, 0.15) is 51.0 Å². The molecule has 0 saturated carbocycles. The van der Waals surface area contributed by atoms with Crippen LogP contribution in [-0.2, 0) is 20.9 Å². The molecule has 212 valence electrons. The number of hydrogen-bond acceptors (Lipinski definition) is 5. The zero-order valence-electron chi connectivity index (χ0n) is 24.4. The number of esters is 1. The van der Waals surface area contributed by atoms with Crippen molar-refractivity contribution in [1.29, 1.82) is 0 Å². The number of ether oxygens (including phenoxy) is 2. The smallest absolute Gasteiger partial charge is 0.330 e. The second-order valence-corrected chi connectivity index (χ2v) is 11.6. The molecule has 2 aliphatic heterocycles. The molecule has 1 saturated heterocycles. The van der Waals surface area contributed by atoms with Gasteiger partial charge in [-0.15, -0.1) is 0 Å². The first kappa shape index (κ1) is 27.8. The van der Waals surface area contributed by atoms with E-state index in [9.17, 15) is 9.59 Å². The maximum Gasteiger partial charge on any atom is 0.330 e. The molecule has 2 radical (unpaired) electrons. The van der Waals surface area contributed by atoms with E-state index in [2.05, 4.69) is 41.4 Å². The fourth-order valence-corrected chi connectivity index (χ4v) is 6.47. The first-order chi connectivity index (χ1) is 20.2. The number of fused-ring (bicyclic) bond motifs is 5. The molecule has 0 spiro atoms. The van der Waals surface area contributed by atoms with Crippen molar-refractivity contribution in [2.45, 2.75) is 46.3 Å². The molecular formula is C34H34BN3O4. The highest BCUT2D eigenvalue weighted by molar-refractivity contribution is 6.32. The molecule has 42 heavy (non-hydrogen) atoms. The molecule has 4 aromatic rings. The Kier molecular flexibility index (Phi) is 7.39. The van der Waals surface area contributed by atoms with Crippen molar-refractivity contribution in [3.63, 3.8) is 0 Å². The van der Waals surface area contributed by atoms with Gasteiger partial charge in [-0.2, -0.15) is 0 Å². The molecule has 7 nitrogen and oxygen atoms in total. The minimum atomic E-state index is -0.447. The average molecular weight is 559 g/mol.